The molecule has 0 aromatic heterocycles. The minimum Gasteiger partial charge on any atom is -0.495 e. The van der Waals surface area contributed by atoms with Crippen LogP contribution in [0.2, 0.25) is 0 Å². The van der Waals surface area contributed by atoms with Gasteiger partial charge >= 0.3 is 0 Å². The molecule has 0 aliphatic carbocycles. The maximum Gasteiger partial charge on any atom is 0.244 e. The Morgan fingerprint density at radius 2 is 2.00 bits per heavy atom. The van der Waals surface area contributed by atoms with E-state index in [0.717, 1.165) is 5.56 Å². The molecular weight excluding hydrogens is 356 g/mol. The summed E-state index contributed by atoms with van der Waals surface area (Å²) in [6.07, 6.45) is 0. The van der Waals surface area contributed by atoms with Gasteiger partial charge in [0, 0.05) is 16.7 Å². The molecule has 0 saturated carbocycles. The van der Waals surface area contributed by atoms with Gasteiger partial charge in [-0.1, -0.05) is 28.1 Å². The largest absolute Gasteiger partial charge is 0.495 e. The van der Waals surface area contributed by atoms with Crippen LogP contribution in [-0.2, 0) is 16.6 Å². The second-order valence-corrected chi connectivity index (χ2v) is 7.02. The zero-order valence-electron chi connectivity index (χ0n) is 11.3. The molecule has 3 N–H and O–H groups in total. The lowest BCUT2D eigenvalue weighted by atomic mass is 10.2. The van der Waals surface area contributed by atoms with Crippen molar-refractivity contribution < 1.29 is 13.2 Å². The molecule has 2 rings (SSSR count). The van der Waals surface area contributed by atoms with Crippen molar-refractivity contribution in [1.82, 2.24) is 4.72 Å². The van der Waals surface area contributed by atoms with Crippen molar-refractivity contribution in [2.24, 2.45) is 0 Å². The number of nitrogens with two attached hydrogens (primary N) is 1. The molecule has 0 atom stereocenters. The van der Waals surface area contributed by atoms with Crippen molar-refractivity contribution in [3.8, 4) is 5.75 Å². The third-order valence-corrected chi connectivity index (χ3v) is 4.75. The average molecular weight is 371 g/mol. The Bertz CT molecular complexity index is 748. The predicted molar refractivity (Wildman–Crippen MR) is 85.6 cm³/mol. The molecule has 0 fully saturated rings. The minimum absolute atomic E-state index is 0.0864. The van der Waals surface area contributed by atoms with Gasteiger partial charge in [0.15, 0.2) is 0 Å². The summed E-state index contributed by atoms with van der Waals surface area (Å²) in [6.45, 7) is 0.156. The average Bonchev–Trinajstić information content (AvgIpc) is 2.45. The Morgan fingerprint density at radius 3 is 2.67 bits per heavy atom. The van der Waals surface area contributed by atoms with Crippen molar-refractivity contribution in [1.29, 1.82) is 0 Å². The van der Waals surface area contributed by atoms with Gasteiger partial charge < -0.3 is 10.5 Å². The van der Waals surface area contributed by atoms with E-state index in [1.165, 1.54) is 13.2 Å². The van der Waals surface area contributed by atoms with Gasteiger partial charge in [0.05, 0.1) is 7.11 Å². The molecule has 2 aromatic carbocycles. The second-order valence-electron chi connectivity index (χ2n) is 4.36. The summed E-state index contributed by atoms with van der Waals surface area (Å²) in [7, 11) is -2.25. The highest BCUT2D eigenvalue weighted by atomic mass is 79.9. The van der Waals surface area contributed by atoms with Crippen LogP contribution >= 0.6 is 15.9 Å². The van der Waals surface area contributed by atoms with Crippen molar-refractivity contribution >= 4 is 31.6 Å². The third-order valence-electron chi connectivity index (χ3n) is 2.83. The van der Waals surface area contributed by atoms with Crippen molar-refractivity contribution in [2.45, 2.75) is 11.4 Å². The van der Waals surface area contributed by atoms with E-state index in [2.05, 4.69) is 20.7 Å². The van der Waals surface area contributed by atoms with E-state index in [1.807, 2.05) is 0 Å². The number of ether oxygens (including phenoxy) is 1. The number of rotatable bonds is 5. The standard InChI is InChI=1S/C14H15BrN2O3S/c1-20-13-6-5-11(15)8-14(13)21(18,19)17-9-10-3-2-4-12(16)7-10/h2-8,17H,9,16H2,1H3. The Hall–Kier alpha value is -1.57. The Kier molecular flexibility index (Phi) is 4.87. The molecule has 0 aliphatic rings. The third kappa shape index (κ3) is 3.96. The summed E-state index contributed by atoms with van der Waals surface area (Å²) >= 11 is 3.26. The molecule has 0 heterocycles. The van der Waals surface area contributed by atoms with E-state index in [-0.39, 0.29) is 11.4 Å². The van der Waals surface area contributed by atoms with Crippen LogP contribution < -0.4 is 15.2 Å². The summed E-state index contributed by atoms with van der Waals surface area (Å²) in [6, 6.07) is 11.9. The molecule has 0 spiro atoms. The number of nitrogen functional groups attached to an aromatic ring is 1. The highest BCUT2D eigenvalue weighted by Gasteiger charge is 2.19. The summed E-state index contributed by atoms with van der Waals surface area (Å²) in [4.78, 5) is 0.0864. The lowest BCUT2D eigenvalue weighted by Crippen LogP contribution is -2.23. The first kappa shape index (κ1) is 15.8. The van der Waals surface area contributed by atoms with Crippen LogP contribution in [0.4, 0.5) is 5.69 Å². The van der Waals surface area contributed by atoms with Crippen LogP contribution in [-0.4, -0.2) is 15.5 Å². The number of hydrogen-bond donors (Lipinski definition) is 2. The molecule has 112 valence electrons. The smallest absolute Gasteiger partial charge is 0.244 e. The maximum atomic E-state index is 12.4. The van der Waals surface area contributed by atoms with Crippen LogP contribution in [0.15, 0.2) is 51.8 Å². The minimum atomic E-state index is -3.68. The second kappa shape index (κ2) is 6.46. The fraction of sp³-hybridized carbons (Fsp3) is 0.143. The van der Waals surface area contributed by atoms with E-state index in [4.69, 9.17) is 10.5 Å². The molecule has 0 saturated heterocycles. The van der Waals surface area contributed by atoms with E-state index >= 15 is 0 Å². The monoisotopic (exact) mass is 370 g/mol. The van der Waals surface area contributed by atoms with Gasteiger partial charge in [-0.05, 0) is 35.9 Å². The number of nitrogens with one attached hydrogen (secondary N) is 1. The number of hydrogen-bond acceptors (Lipinski definition) is 4. The maximum absolute atomic E-state index is 12.4. The number of methoxy groups -OCH3 is 1. The molecule has 0 bridgehead atoms. The molecule has 0 amide bonds. The first-order chi connectivity index (χ1) is 9.92. The highest BCUT2D eigenvalue weighted by molar-refractivity contribution is 9.10. The molecule has 21 heavy (non-hydrogen) atoms. The Balaban J connectivity index is 2.24. The van der Waals surface area contributed by atoms with E-state index in [0.29, 0.717) is 15.9 Å². The van der Waals surface area contributed by atoms with E-state index < -0.39 is 10.0 Å². The van der Waals surface area contributed by atoms with Crippen LogP contribution in [0, 0.1) is 0 Å². The van der Waals surface area contributed by atoms with Gasteiger partial charge in [-0.15, -0.1) is 0 Å². The number of anilines is 1. The Labute approximate surface area is 132 Å². The van der Waals surface area contributed by atoms with Crippen LogP contribution in [0.5, 0.6) is 5.75 Å². The first-order valence-corrected chi connectivity index (χ1v) is 8.37. The van der Waals surface area contributed by atoms with Crippen LogP contribution in [0.1, 0.15) is 5.56 Å². The van der Waals surface area contributed by atoms with Gasteiger partial charge in [-0.25, -0.2) is 13.1 Å². The fourth-order valence-electron chi connectivity index (χ4n) is 1.82. The highest BCUT2D eigenvalue weighted by Crippen LogP contribution is 2.27. The van der Waals surface area contributed by atoms with E-state index in [9.17, 15) is 8.42 Å². The van der Waals surface area contributed by atoms with Gasteiger partial charge in [-0.2, -0.15) is 0 Å². The summed E-state index contributed by atoms with van der Waals surface area (Å²) in [5.74, 6) is 0.290. The van der Waals surface area contributed by atoms with Crippen LogP contribution in [0.25, 0.3) is 0 Å². The van der Waals surface area contributed by atoms with Gasteiger partial charge in [-0.3, -0.25) is 0 Å². The number of halogens is 1. The first-order valence-electron chi connectivity index (χ1n) is 6.10. The SMILES string of the molecule is COc1ccc(Br)cc1S(=O)(=O)NCc1cccc(N)c1. The summed E-state index contributed by atoms with van der Waals surface area (Å²) in [5.41, 5.74) is 7.05. The predicted octanol–water partition coefficient (Wildman–Crippen LogP) is 2.52. The number of sulfonamides is 1. The molecule has 0 aliphatic heterocycles. The van der Waals surface area contributed by atoms with Gasteiger partial charge in [0.2, 0.25) is 10.0 Å². The van der Waals surface area contributed by atoms with Gasteiger partial charge in [0.25, 0.3) is 0 Å². The zero-order valence-corrected chi connectivity index (χ0v) is 13.7. The van der Waals surface area contributed by atoms with Gasteiger partial charge in [0.1, 0.15) is 10.6 Å². The Morgan fingerprint density at radius 1 is 1.24 bits per heavy atom. The molecule has 0 unspecified atom stereocenters. The normalized spacial score (nSPS) is 11.3. The molecule has 7 heteroatoms. The van der Waals surface area contributed by atoms with E-state index in [1.54, 1.807) is 36.4 Å². The van der Waals surface area contributed by atoms with Crippen molar-refractivity contribution in [2.75, 3.05) is 12.8 Å². The fourth-order valence-corrected chi connectivity index (χ4v) is 3.54. The molecule has 2 aromatic rings. The van der Waals surface area contributed by atoms with Crippen LogP contribution in [0.3, 0.4) is 0 Å². The molecule has 5 nitrogen and oxygen atoms in total. The summed E-state index contributed by atoms with van der Waals surface area (Å²) in [5, 5.41) is 0. The lowest BCUT2D eigenvalue weighted by molar-refractivity contribution is 0.402. The summed E-state index contributed by atoms with van der Waals surface area (Å²) < 4.78 is 33.1. The zero-order chi connectivity index (χ0) is 15.5. The molecule has 0 radical (unpaired) electrons. The topological polar surface area (TPSA) is 81.4 Å². The van der Waals surface area contributed by atoms with Crippen molar-refractivity contribution in [3.63, 3.8) is 0 Å². The quantitative estimate of drug-likeness (QED) is 0.792. The number of benzene rings is 2. The van der Waals surface area contributed by atoms with Crippen molar-refractivity contribution in [3.05, 3.63) is 52.5 Å². The molecular formula is C14H15BrN2O3S. The lowest BCUT2D eigenvalue weighted by Gasteiger charge is -2.11.